The van der Waals surface area contributed by atoms with E-state index >= 15 is 0 Å². The highest BCUT2D eigenvalue weighted by atomic mass is 19.4. The number of carbonyl (C=O) groups excluding carboxylic acids is 1. The molecule has 11 nitrogen and oxygen atoms in total. The fourth-order valence-corrected chi connectivity index (χ4v) is 4.09. The maximum Gasteiger partial charge on any atom is 0.490 e. The maximum absolute atomic E-state index is 12.3. The number of anilines is 1. The van der Waals surface area contributed by atoms with Gasteiger partial charge in [0.05, 0.1) is 19.3 Å². The highest BCUT2D eigenvalue weighted by Crippen LogP contribution is 2.33. The number of aromatic nitrogens is 2. The van der Waals surface area contributed by atoms with Crippen LogP contribution in [0.3, 0.4) is 0 Å². The van der Waals surface area contributed by atoms with Crippen molar-refractivity contribution in [3.05, 3.63) is 18.5 Å². The Labute approximate surface area is 212 Å². The standard InChI is InChI=1S/C17H25N5O2.2C2HF3O2/c23-16(22-6-1-2-7-22)11-21-9-14-13(12-24-15(14)10-21)8-20-17-18-4-3-5-19-17;2*3-2(4,5)1(6)7/h3-5,13-15H,1-2,6-12H2,(H,18,19,20);2*(H,6,7)/t13-,14+,15+;;/m0../s1. The average molecular weight is 559 g/mol. The third-order valence-electron chi connectivity index (χ3n) is 5.91. The summed E-state index contributed by atoms with van der Waals surface area (Å²) in [6.45, 7) is 5.83. The maximum atomic E-state index is 12.3. The molecule has 1 aromatic rings. The summed E-state index contributed by atoms with van der Waals surface area (Å²) in [5, 5.41) is 17.6. The third-order valence-corrected chi connectivity index (χ3v) is 5.91. The second-order valence-electron chi connectivity index (χ2n) is 8.64. The first-order chi connectivity index (χ1) is 17.7. The molecule has 3 atom stereocenters. The van der Waals surface area contributed by atoms with Crippen LogP contribution in [0.5, 0.6) is 0 Å². The van der Waals surface area contributed by atoms with Crippen molar-refractivity contribution in [3.8, 4) is 0 Å². The van der Waals surface area contributed by atoms with Gasteiger partial charge in [0.2, 0.25) is 11.9 Å². The highest BCUT2D eigenvalue weighted by Gasteiger charge is 2.44. The number of nitrogens with one attached hydrogen (secondary N) is 1. The van der Waals surface area contributed by atoms with Crippen LogP contribution in [0.25, 0.3) is 0 Å². The van der Waals surface area contributed by atoms with Crippen LogP contribution in [0, 0.1) is 11.8 Å². The van der Waals surface area contributed by atoms with Crippen LogP contribution in [0.2, 0.25) is 0 Å². The summed E-state index contributed by atoms with van der Waals surface area (Å²) in [5.74, 6) is -3.63. The van der Waals surface area contributed by atoms with E-state index in [1.165, 1.54) is 0 Å². The number of fused-ring (bicyclic) bond motifs is 1. The number of alkyl halides is 6. The summed E-state index contributed by atoms with van der Waals surface area (Å²) >= 11 is 0. The summed E-state index contributed by atoms with van der Waals surface area (Å²) in [6.07, 6.45) is -4.13. The number of hydrogen-bond acceptors (Lipinski definition) is 8. The van der Waals surface area contributed by atoms with Crippen molar-refractivity contribution < 1.29 is 55.7 Å². The lowest BCUT2D eigenvalue weighted by atomic mass is 9.93. The topological polar surface area (TPSA) is 145 Å². The zero-order chi connectivity index (χ0) is 28.5. The fourth-order valence-electron chi connectivity index (χ4n) is 4.09. The lowest BCUT2D eigenvalue weighted by Gasteiger charge is -2.22. The minimum absolute atomic E-state index is 0.264. The van der Waals surface area contributed by atoms with Gasteiger partial charge in [0.15, 0.2) is 0 Å². The Bertz CT molecular complexity index is 905. The van der Waals surface area contributed by atoms with Crippen molar-refractivity contribution in [2.75, 3.05) is 51.2 Å². The van der Waals surface area contributed by atoms with Gasteiger partial charge in [0, 0.05) is 57.0 Å². The van der Waals surface area contributed by atoms with Crippen molar-refractivity contribution in [2.24, 2.45) is 11.8 Å². The van der Waals surface area contributed by atoms with Gasteiger partial charge in [-0.05, 0) is 18.9 Å². The summed E-state index contributed by atoms with van der Waals surface area (Å²) < 4.78 is 69.4. The number of likely N-dealkylation sites (tertiary alicyclic amines) is 2. The number of carboxylic acids is 2. The van der Waals surface area contributed by atoms with E-state index in [9.17, 15) is 31.1 Å². The number of ether oxygens (including phenoxy) is 1. The zero-order valence-electron chi connectivity index (χ0n) is 19.9. The predicted octanol–water partition coefficient (Wildman–Crippen LogP) is 1.72. The molecule has 0 radical (unpaired) electrons. The van der Waals surface area contributed by atoms with E-state index in [4.69, 9.17) is 24.5 Å². The average Bonchev–Trinajstić information content (AvgIpc) is 3.56. The van der Waals surface area contributed by atoms with E-state index in [-0.39, 0.29) is 12.0 Å². The van der Waals surface area contributed by atoms with Gasteiger partial charge in [0.1, 0.15) is 0 Å². The lowest BCUT2D eigenvalue weighted by Crippen LogP contribution is -2.39. The van der Waals surface area contributed by atoms with Gasteiger partial charge < -0.3 is 25.2 Å². The Balaban J connectivity index is 0.000000301. The molecule has 4 rings (SSSR count). The molecule has 3 N–H and O–H groups in total. The van der Waals surface area contributed by atoms with Crippen molar-refractivity contribution in [1.29, 1.82) is 0 Å². The molecule has 0 bridgehead atoms. The lowest BCUT2D eigenvalue weighted by molar-refractivity contribution is -0.193. The number of nitrogens with zero attached hydrogens (tertiary/aromatic N) is 4. The van der Waals surface area contributed by atoms with Gasteiger partial charge in [-0.15, -0.1) is 0 Å². The molecule has 0 spiro atoms. The fraction of sp³-hybridized carbons (Fsp3) is 0.667. The summed E-state index contributed by atoms with van der Waals surface area (Å²) in [7, 11) is 0. The Morgan fingerprint density at radius 2 is 1.50 bits per heavy atom. The number of carboxylic acid groups (broad SMARTS) is 2. The van der Waals surface area contributed by atoms with Crippen molar-refractivity contribution in [1.82, 2.24) is 19.8 Å². The Hall–Kier alpha value is -3.21. The molecule has 0 saturated carbocycles. The number of aliphatic carboxylic acids is 2. The van der Waals surface area contributed by atoms with E-state index in [2.05, 4.69) is 20.2 Å². The molecule has 4 heterocycles. The number of rotatable bonds is 5. The number of amides is 1. The Morgan fingerprint density at radius 1 is 0.974 bits per heavy atom. The molecule has 1 aromatic heterocycles. The second kappa shape index (κ2) is 13.5. The second-order valence-corrected chi connectivity index (χ2v) is 8.64. The quantitative estimate of drug-likeness (QED) is 0.456. The highest BCUT2D eigenvalue weighted by molar-refractivity contribution is 5.78. The van der Waals surface area contributed by atoms with Crippen LogP contribution >= 0.6 is 0 Å². The molecule has 214 valence electrons. The molecular weight excluding hydrogens is 532 g/mol. The first kappa shape index (κ1) is 31.0. The van der Waals surface area contributed by atoms with E-state index < -0.39 is 24.3 Å². The van der Waals surface area contributed by atoms with Gasteiger partial charge in [0.25, 0.3) is 0 Å². The Morgan fingerprint density at radius 3 is 2.00 bits per heavy atom. The van der Waals surface area contributed by atoms with Crippen molar-refractivity contribution in [2.45, 2.75) is 31.3 Å². The van der Waals surface area contributed by atoms with Gasteiger partial charge in [-0.2, -0.15) is 26.3 Å². The third kappa shape index (κ3) is 9.92. The van der Waals surface area contributed by atoms with E-state index in [0.29, 0.717) is 24.3 Å². The number of hydrogen-bond donors (Lipinski definition) is 3. The molecule has 17 heteroatoms. The normalized spacial score (nSPS) is 23.0. The first-order valence-corrected chi connectivity index (χ1v) is 11.4. The molecule has 3 aliphatic heterocycles. The Kier molecular flexibility index (Phi) is 11.1. The van der Waals surface area contributed by atoms with Crippen LogP contribution < -0.4 is 5.32 Å². The monoisotopic (exact) mass is 559 g/mol. The van der Waals surface area contributed by atoms with Crippen LogP contribution in [0.15, 0.2) is 18.5 Å². The van der Waals surface area contributed by atoms with Crippen molar-refractivity contribution >= 4 is 23.8 Å². The smallest absolute Gasteiger partial charge is 0.475 e. The molecule has 38 heavy (non-hydrogen) atoms. The van der Waals surface area contributed by atoms with Crippen LogP contribution in [-0.2, 0) is 19.1 Å². The minimum atomic E-state index is -5.08. The summed E-state index contributed by atoms with van der Waals surface area (Å²) in [4.78, 5) is 42.8. The molecule has 0 aromatic carbocycles. The SMILES string of the molecule is O=C(CN1C[C@@H]2[C@@H](CNc3ncccn3)CO[C@@H]2C1)N1CCCC1.O=C(O)C(F)(F)F.O=C(O)C(F)(F)F. The van der Waals surface area contributed by atoms with E-state index in [1.54, 1.807) is 12.4 Å². The molecular formula is C21H27F6N5O6. The summed E-state index contributed by atoms with van der Waals surface area (Å²) in [5.41, 5.74) is 0. The number of carbonyl (C=O) groups is 3. The van der Waals surface area contributed by atoms with Crippen LogP contribution in [0.1, 0.15) is 12.8 Å². The molecule has 3 fully saturated rings. The van der Waals surface area contributed by atoms with Gasteiger partial charge in [-0.3, -0.25) is 9.69 Å². The van der Waals surface area contributed by atoms with Crippen LogP contribution in [-0.4, -0.2) is 112 Å². The van der Waals surface area contributed by atoms with Crippen LogP contribution in [0.4, 0.5) is 32.3 Å². The van der Waals surface area contributed by atoms with Crippen molar-refractivity contribution in [3.63, 3.8) is 0 Å². The van der Waals surface area contributed by atoms with E-state index in [1.807, 2.05) is 11.0 Å². The van der Waals surface area contributed by atoms with Gasteiger partial charge >= 0.3 is 24.3 Å². The molecule has 0 unspecified atom stereocenters. The molecule has 0 aliphatic carbocycles. The molecule has 1 amide bonds. The number of halogens is 6. The van der Waals surface area contributed by atoms with Gasteiger partial charge in [-0.1, -0.05) is 0 Å². The largest absolute Gasteiger partial charge is 0.490 e. The first-order valence-electron chi connectivity index (χ1n) is 11.4. The predicted molar refractivity (Wildman–Crippen MR) is 117 cm³/mol. The van der Waals surface area contributed by atoms with E-state index in [0.717, 1.165) is 52.2 Å². The van der Waals surface area contributed by atoms with Gasteiger partial charge in [-0.25, -0.2) is 19.6 Å². The summed E-state index contributed by atoms with van der Waals surface area (Å²) in [6, 6.07) is 1.81. The zero-order valence-corrected chi connectivity index (χ0v) is 19.9. The molecule has 3 aliphatic rings. The minimum Gasteiger partial charge on any atom is -0.475 e. The molecule has 3 saturated heterocycles.